The fraction of sp³-hybridized carbons (Fsp3) is 0.333. The van der Waals surface area contributed by atoms with Gasteiger partial charge in [-0.25, -0.2) is 14.4 Å². The van der Waals surface area contributed by atoms with E-state index in [1.165, 1.54) is 12.3 Å². The third kappa shape index (κ3) is 4.20. The maximum absolute atomic E-state index is 13.4. The van der Waals surface area contributed by atoms with E-state index in [0.717, 1.165) is 37.6 Å². The average molecular weight is 356 g/mol. The lowest BCUT2D eigenvalue weighted by molar-refractivity contribution is 0.100. The SMILES string of the molecule is CNC1CCCCC1=Nc1ccc(C(N)=O)c(Nc2cncc(F)c2)n1. The number of hydrogen-bond donors (Lipinski definition) is 3. The molecule has 0 spiro atoms. The molecule has 1 atom stereocenters. The van der Waals surface area contributed by atoms with Crippen LogP contribution < -0.4 is 16.4 Å². The monoisotopic (exact) mass is 356 g/mol. The zero-order valence-corrected chi connectivity index (χ0v) is 14.5. The van der Waals surface area contributed by atoms with Crippen molar-refractivity contribution in [3.63, 3.8) is 0 Å². The van der Waals surface area contributed by atoms with Crippen molar-refractivity contribution in [2.24, 2.45) is 10.7 Å². The molecule has 26 heavy (non-hydrogen) atoms. The van der Waals surface area contributed by atoms with Crippen LogP contribution in [0.2, 0.25) is 0 Å². The number of halogens is 1. The molecule has 1 saturated carbocycles. The zero-order chi connectivity index (χ0) is 18.5. The first-order valence-corrected chi connectivity index (χ1v) is 8.50. The van der Waals surface area contributed by atoms with Gasteiger partial charge in [0.25, 0.3) is 5.91 Å². The van der Waals surface area contributed by atoms with E-state index < -0.39 is 11.7 Å². The molecule has 0 aromatic carbocycles. The van der Waals surface area contributed by atoms with Crippen LogP contribution >= 0.6 is 0 Å². The maximum Gasteiger partial charge on any atom is 0.252 e. The zero-order valence-electron chi connectivity index (χ0n) is 14.5. The minimum absolute atomic E-state index is 0.201. The minimum atomic E-state index is -0.630. The molecule has 0 saturated heterocycles. The Kier molecular flexibility index (Phi) is 5.52. The molecular weight excluding hydrogens is 335 g/mol. The largest absolute Gasteiger partial charge is 0.365 e. The Balaban J connectivity index is 1.94. The molecule has 4 N–H and O–H groups in total. The molecule has 1 aliphatic carbocycles. The summed E-state index contributed by atoms with van der Waals surface area (Å²) in [4.78, 5) is 24.5. The van der Waals surface area contributed by atoms with Gasteiger partial charge in [0.1, 0.15) is 11.6 Å². The first-order chi connectivity index (χ1) is 12.6. The van der Waals surface area contributed by atoms with Gasteiger partial charge in [-0.3, -0.25) is 9.78 Å². The van der Waals surface area contributed by atoms with E-state index in [9.17, 15) is 9.18 Å². The number of rotatable bonds is 5. The van der Waals surface area contributed by atoms with Crippen molar-refractivity contribution in [1.29, 1.82) is 0 Å². The average Bonchev–Trinajstić information content (AvgIpc) is 2.62. The van der Waals surface area contributed by atoms with Crippen LogP contribution in [0.15, 0.2) is 35.6 Å². The van der Waals surface area contributed by atoms with Gasteiger partial charge in [0.2, 0.25) is 0 Å². The van der Waals surface area contributed by atoms with E-state index in [2.05, 4.69) is 25.6 Å². The van der Waals surface area contributed by atoms with Crippen molar-refractivity contribution in [3.05, 3.63) is 42.0 Å². The fourth-order valence-corrected chi connectivity index (χ4v) is 3.01. The predicted molar refractivity (Wildman–Crippen MR) is 98.6 cm³/mol. The first-order valence-electron chi connectivity index (χ1n) is 8.50. The Morgan fingerprint density at radius 3 is 2.92 bits per heavy atom. The van der Waals surface area contributed by atoms with Gasteiger partial charge in [0.15, 0.2) is 5.82 Å². The normalized spacial score (nSPS) is 18.7. The number of anilines is 2. The quantitative estimate of drug-likeness (QED) is 0.764. The molecule has 2 heterocycles. The number of primary amides is 1. The molecule has 1 aliphatic rings. The number of aromatic nitrogens is 2. The second-order valence-corrected chi connectivity index (χ2v) is 6.14. The van der Waals surface area contributed by atoms with Crippen LogP contribution in [0.1, 0.15) is 36.0 Å². The summed E-state index contributed by atoms with van der Waals surface area (Å²) in [6.07, 6.45) is 6.73. The third-order valence-electron chi connectivity index (χ3n) is 4.30. The van der Waals surface area contributed by atoms with Gasteiger partial charge in [0.05, 0.1) is 23.6 Å². The van der Waals surface area contributed by atoms with E-state index in [-0.39, 0.29) is 17.4 Å². The van der Waals surface area contributed by atoms with Gasteiger partial charge in [-0.15, -0.1) is 0 Å². The number of aliphatic imine (C=N–C) groups is 1. The van der Waals surface area contributed by atoms with Gasteiger partial charge in [0, 0.05) is 17.8 Å². The summed E-state index contributed by atoms with van der Waals surface area (Å²) in [5.41, 5.74) is 7.03. The lowest BCUT2D eigenvalue weighted by Gasteiger charge is -2.23. The number of nitrogens with zero attached hydrogens (tertiary/aromatic N) is 3. The standard InChI is InChI=1S/C18H21FN6O/c1-21-14-4-2-3-5-15(14)24-16-7-6-13(17(20)26)18(25-16)23-12-8-11(19)9-22-10-12/h6-10,14,21H,2-5H2,1H3,(H2,20,26)(H,23,25). The Labute approximate surface area is 151 Å². The van der Waals surface area contributed by atoms with Crippen molar-refractivity contribution in [2.75, 3.05) is 12.4 Å². The summed E-state index contributed by atoms with van der Waals surface area (Å²) in [5.74, 6) is -0.428. The summed E-state index contributed by atoms with van der Waals surface area (Å²) in [6, 6.07) is 4.71. The van der Waals surface area contributed by atoms with Crippen molar-refractivity contribution in [2.45, 2.75) is 31.7 Å². The number of hydrogen-bond acceptors (Lipinski definition) is 6. The van der Waals surface area contributed by atoms with Crippen LogP contribution in [-0.2, 0) is 0 Å². The van der Waals surface area contributed by atoms with E-state index in [0.29, 0.717) is 11.5 Å². The third-order valence-corrected chi connectivity index (χ3v) is 4.30. The molecule has 3 rings (SSSR count). The Morgan fingerprint density at radius 2 is 2.19 bits per heavy atom. The fourth-order valence-electron chi connectivity index (χ4n) is 3.01. The summed E-state index contributed by atoms with van der Waals surface area (Å²) in [5, 5.41) is 6.16. The van der Waals surface area contributed by atoms with Crippen LogP contribution in [0, 0.1) is 5.82 Å². The lowest BCUT2D eigenvalue weighted by Crippen LogP contribution is -2.36. The van der Waals surface area contributed by atoms with E-state index in [1.807, 2.05) is 7.05 Å². The first kappa shape index (κ1) is 17.9. The van der Waals surface area contributed by atoms with Crippen LogP contribution in [-0.4, -0.2) is 34.7 Å². The molecule has 0 bridgehead atoms. The van der Waals surface area contributed by atoms with E-state index in [4.69, 9.17) is 5.73 Å². The molecule has 2 aromatic rings. The lowest BCUT2D eigenvalue weighted by atomic mass is 9.93. The number of amides is 1. The van der Waals surface area contributed by atoms with Crippen molar-refractivity contribution in [1.82, 2.24) is 15.3 Å². The highest BCUT2D eigenvalue weighted by molar-refractivity contribution is 5.99. The minimum Gasteiger partial charge on any atom is -0.365 e. The molecule has 0 aliphatic heterocycles. The predicted octanol–water partition coefficient (Wildman–Crippen LogP) is 2.69. The summed E-state index contributed by atoms with van der Waals surface area (Å²) >= 11 is 0. The molecule has 8 heteroatoms. The second kappa shape index (κ2) is 8.01. The van der Waals surface area contributed by atoms with Gasteiger partial charge in [-0.2, -0.15) is 0 Å². The number of pyridine rings is 2. The van der Waals surface area contributed by atoms with Gasteiger partial charge >= 0.3 is 0 Å². The van der Waals surface area contributed by atoms with E-state index in [1.54, 1.807) is 12.1 Å². The van der Waals surface area contributed by atoms with Crippen molar-refractivity contribution < 1.29 is 9.18 Å². The smallest absolute Gasteiger partial charge is 0.252 e. The molecule has 7 nitrogen and oxygen atoms in total. The van der Waals surface area contributed by atoms with E-state index >= 15 is 0 Å². The molecule has 0 radical (unpaired) electrons. The Hall–Kier alpha value is -2.87. The van der Waals surface area contributed by atoms with Crippen LogP contribution in [0.25, 0.3) is 0 Å². The number of nitrogens with one attached hydrogen (secondary N) is 2. The van der Waals surface area contributed by atoms with Gasteiger partial charge < -0.3 is 16.4 Å². The molecule has 2 aromatic heterocycles. The molecular formula is C18H21FN6O. The molecule has 1 amide bonds. The summed E-state index contributed by atoms with van der Waals surface area (Å²) < 4.78 is 13.4. The van der Waals surface area contributed by atoms with Crippen molar-refractivity contribution >= 4 is 28.9 Å². The van der Waals surface area contributed by atoms with Gasteiger partial charge in [-0.05, 0) is 38.4 Å². The van der Waals surface area contributed by atoms with Gasteiger partial charge in [-0.1, -0.05) is 6.42 Å². The Bertz CT molecular complexity index is 838. The summed E-state index contributed by atoms with van der Waals surface area (Å²) in [6.45, 7) is 0. The van der Waals surface area contributed by atoms with Crippen LogP contribution in [0.3, 0.4) is 0 Å². The highest BCUT2D eigenvalue weighted by atomic mass is 19.1. The highest BCUT2D eigenvalue weighted by Gasteiger charge is 2.19. The van der Waals surface area contributed by atoms with Crippen molar-refractivity contribution in [3.8, 4) is 0 Å². The topological polar surface area (TPSA) is 105 Å². The Morgan fingerprint density at radius 1 is 1.35 bits per heavy atom. The number of carbonyl (C=O) groups is 1. The highest BCUT2D eigenvalue weighted by Crippen LogP contribution is 2.24. The maximum atomic E-state index is 13.4. The van der Waals surface area contributed by atoms with Crippen LogP contribution in [0.4, 0.5) is 21.7 Å². The molecule has 1 fully saturated rings. The molecule has 136 valence electrons. The molecule has 1 unspecified atom stereocenters. The van der Waals surface area contributed by atoms with Crippen LogP contribution in [0.5, 0.6) is 0 Å². The second-order valence-electron chi connectivity index (χ2n) is 6.14. The number of nitrogens with two attached hydrogens (primary N) is 1. The summed E-state index contributed by atoms with van der Waals surface area (Å²) in [7, 11) is 1.92. The number of carbonyl (C=O) groups excluding carboxylic acids is 1.